The Morgan fingerprint density at radius 3 is 2.17 bits per heavy atom. The Morgan fingerprint density at radius 2 is 1.62 bits per heavy atom. The molecule has 0 aromatic heterocycles. The van der Waals surface area contributed by atoms with Crippen molar-refractivity contribution in [3.05, 3.63) is 59.7 Å². The molecule has 0 N–H and O–H groups in total. The SMILES string of the molecule is CC(C)(C)OC(=O)c1cc(C2CCCC2)cc(N(c2ccccc2)S(C)(=O)=O)c1. The largest absolute Gasteiger partial charge is 0.456 e. The van der Waals surface area contributed by atoms with E-state index in [1.165, 1.54) is 10.6 Å². The molecule has 3 rings (SSSR count). The standard InChI is InChI=1S/C23H29NO4S/c1-23(2,3)28-22(25)19-14-18(17-10-8-9-11-17)15-21(16-19)24(29(4,26)27)20-12-6-5-7-13-20/h5-7,12-17H,8-11H2,1-4H3. The number of sulfonamides is 1. The molecule has 1 fully saturated rings. The Hall–Kier alpha value is -2.34. The fraction of sp³-hybridized carbons (Fsp3) is 0.435. The van der Waals surface area contributed by atoms with E-state index < -0.39 is 21.6 Å². The summed E-state index contributed by atoms with van der Waals surface area (Å²) in [6.07, 6.45) is 5.55. The van der Waals surface area contributed by atoms with Crippen LogP contribution in [-0.2, 0) is 14.8 Å². The molecule has 1 aliphatic rings. The lowest BCUT2D eigenvalue weighted by molar-refractivity contribution is 0.00694. The van der Waals surface area contributed by atoms with E-state index in [1.807, 2.05) is 39.0 Å². The van der Waals surface area contributed by atoms with E-state index >= 15 is 0 Å². The number of para-hydroxylation sites is 1. The Bertz CT molecular complexity index is 972. The first-order valence-corrected chi connectivity index (χ1v) is 11.8. The summed E-state index contributed by atoms with van der Waals surface area (Å²) in [7, 11) is -3.61. The van der Waals surface area contributed by atoms with Gasteiger partial charge in [-0.3, -0.25) is 0 Å². The van der Waals surface area contributed by atoms with Crippen LogP contribution in [0.5, 0.6) is 0 Å². The smallest absolute Gasteiger partial charge is 0.338 e. The van der Waals surface area contributed by atoms with Crippen molar-refractivity contribution in [1.82, 2.24) is 0 Å². The van der Waals surface area contributed by atoms with E-state index in [0.29, 0.717) is 22.9 Å². The van der Waals surface area contributed by atoms with Crippen LogP contribution in [0.2, 0.25) is 0 Å². The van der Waals surface area contributed by atoms with Gasteiger partial charge in [0.15, 0.2) is 0 Å². The van der Waals surface area contributed by atoms with Gasteiger partial charge in [-0.25, -0.2) is 17.5 Å². The normalized spacial score (nSPS) is 15.3. The fourth-order valence-electron chi connectivity index (χ4n) is 3.80. The maximum atomic E-state index is 12.8. The molecule has 0 unspecified atom stereocenters. The summed E-state index contributed by atoms with van der Waals surface area (Å²) in [6.45, 7) is 5.46. The van der Waals surface area contributed by atoms with E-state index in [2.05, 4.69) is 0 Å². The first-order valence-electron chi connectivity index (χ1n) is 9.98. The van der Waals surface area contributed by atoms with Gasteiger partial charge in [0.05, 0.1) is 23.2 Å². The second-order valence-electron chi connectivity index (χ2n) is 8.66. The third kappa shape index (κ3) is 5.38. The van der Waals surface area contributed by atoms with Gasteiger partial charge in [-0.2, -0.15) is 0 Å². The minimum atomic E-state index is -3.61. The monoisotopic (exact) mass is 415 g/mol. The van der Waals surface area contributed by atoms with Crippen molar-refractivity contribution in [2.75, 3.05) is 10.6 Å². The van der Waals surface area contributed by atoms with Crippen LogP contribution in [0.4, 0.5) is 11.4 Å². The van der Waals surface area contributed by atoms with Crippen molar-refractivity contribution in [3.8, 4) is 0 Å². The quantitative estimate of drug-likeness (QED) is 0.614. The topological polar surface area (TPSA) is 63.7 Å². The summed E-state index contributed by atoms with van der Waals surface area (Å²) in [6, 6.07) is 14.3. The number of benzene rings is 2. The van der Waals surface area contributed by atoms with Crippen LogP contribution in [0.1, 0.15) is 68.3 Å². The molecular formula is C23H29NO4S. The van der Waals surface area contributed by atoms with E-state index in [9.17, 15) is 13.2 Å². The number of carbonyl (C=O) groups is 1. The van der Waals surface area contributed by atoms with Crippen molar-refractivity contribution in [1.29, 1.82) is 0 Å². The van der Waals surface area contributed by atoms with Gasteiger partial charge < -0.3 is 4.74 Å². The zero-order chi connectivity index (χ0) is 21.2. The third-order valence-corrected chi connectivity index (χ3v) is 6.04. The Balaban J connectivity index is 2.14. The van der Waals surface area contributed by atoms with Crippen molar-refractivity contribution in [3.63, 3.8) is 0 Å². The van der Waals surface area contributed by atoms with Gasteiger partial charge in [0.25, 0.3) is 0 Å². The lowest BCUT2D eigenvalue weighted by atomic mass is 9.95. The van der Waals surface area contributed by atoms with Crippen molar-refractivity contribution in [2.45, 2.75) is 58.0 Å². The molecule has 0 heterocycles. The number of hydrogen-bond acceptors (Lipinski definition) is 4. The highest BCUT2D eigenvalue weighted by Gasteiger charge is 2.26. The Kier molecular flexibility index (Phi) is 6.03. The summed E-state index contributed by atoms with van der Waals surface area (Å²) in [4.78, 5) is 12.8. The molecule has 1 aliphatic carbocycles. The van der Waals surface area contributed by atoms with Crippen LogP contribution < -0.4 is 4.31 Å². The predicted molar refractivity (Wildman–Crippen MR) is 116 cm³/mol. The molecule has 0 amide bonds. The zero-order valence-electron chi connectivity index (χ0n) is 17.5. The van der Waals surface area contributed by atoms with Crippen LogP contribution in [0, 0.1) is 0 Å². The highest BCUT2D eigenvalue weighted by atomic mass is 32.2. The van der Waals surface area contributed by atoms with E-state index in [-0.39, 0.29) is 0 Å². The molecule has 0 bridgehead atoms. The van der Waals surface area contributed by atoms with Gasteiger partial charge in [-0.1, -0.05) is 31.0 Å². The molecule has 0 atom stereocenters. The Morgan fingerprint density at radius 1 is 1.00 bits per heavy atom. The van der Waals surface area contributed by atoms with Gasteiger partial charge >= 0.3 is 5.97 Å². The zero-order valence-corrected chi connectivity index (χ0v) is 18.3. The first kappa shape index (κ1) is 21.4. The molecule has 1 saturated carbocycles. The number of anilines is 2. The summed E-state index contributed by atoms with van der Waals surface area (Å²) in [5.74, 6) is -0.117. The number of ether oxygens (including phenoxy) is 1. The summed E-state index contributed by atoms with van der Waals surface area (Å²) >= 11 is 0. The number of rotatable bonds is 5. The average molecular weight is 416 g/mol. The second-order valence-corrected chi connectivity index (χ2v) is 10.5. The van der Waals surface area contributed by atoms with Crippen LogP contribution in [0.3, 0.4) is 0 Å². The van der Waals surface area contributed by atoms with Gasteiger partial charge in [-0.15, -0.1) is 0 Å². The van der Waals surface area contributed by atoms with Crippen LogP contribution in [-0.4, -0.2) is 26.2 Å². The first-order chi connectivity index (χ1) is 13.5. The Labute approximate surface area is 173 Å². The molecule has 0 spiro atoms. The molecule has 0 radical (unpaired) electrons. The number of carbonyl (C=O) groups excluding carboxylic acids is 1. The van der Waals surface area contributed by atoms with Crippen LogP contribution >= 0.6 is 0 Å². The third-order valence-electron chi connectivity index (χ3n) is 4.96. The van der Waals surface area contributed by atoms with E-state index in [4.69, 9.17) is 4.74 Å². The van der Waals surface area contributed by atoms with E-state index in [0.717, 1.165) is 31.2 Å². The lowest BCUT2D eigenvalue weighted by Crippen LogP contribution is -2.26. The van der Waals surface area contributed by atoms with Crippen LogP contribution in [0.25, 0.3) is 0 Å². The molecule has 0 aliphatic heterocycles. The molecular weight excluding hydrogens is 386 g/mol. The summed E-state index contributed by atoms with van der Waals surface area (Å²) in [5, 5.41) is 0. The summed E-state index contributed by atoms with van der Waals surface area (Å²) < 4.78 is 32.2. The predicted octanol–water partition coefficient (Wildman–Crippen LogP) is 5.40. The minimum Gasteiger partial charge on any atom is -0.456 e. The average Bonchev–Trinajstić information content (AvgIpc) is 3.14. The molecule has 29 heavy (non-hydrogen) atoms. The van der Waals surface area contributed by atoms with Crippen molar-refractivity contribution < 1.29 is 17.9 Å². The molecule has 6 heteroatoms. The van der Waals surface area contributed by atoms with Crippen molar-refractivity contribution >= 4 is 27.4 Å². The van der Waals surface area contributed by atoms with Crippen molar-refractivity contribution in [2.24, 2.45) is 0 Å². The maximum Gasteiger partial charge on any atom is 0.338 e. The molecule has 0 saturated heterocycles. The van der Waals surface area contributed by atoms with Gasteiger partial charge in [0, 0.05) is 0 Å². The highest BCUT2D eigenvalue weighted by Crippen LogP contribution is 2.38. The second kappa shape index (κ2) is 8.19. The van der Waals surface area contributed by atoms with Gasteiger partial charge in [0.2, 0.25) is 10.0 Å². The molecule has 2 aromatic rings. The van der Waals surface area contributed by atoms with Crippen LogP contribution in [0.15, 0.2) is 48.5 Å². The molecule has 156 valence electrons. The maximum absolute atomic E-state index is 12.8. The number of nitrogens with zero attached hydrogens (tertiary/aromatic N) is 1. The van der Waals surface area contributed by atoms with E-state index in [1.54, 1.807) is 30.3 Å². The van der Waals surface area contributed by atoms with Gasteiger partial charge in [-0.05, 0) is 75.4 Å². The molecule has 5 nitrogen and oxygen atoms in total. The van der Waals surface area contributed by atoms with Gasteiger partial charge in [0.1, 0.15) is 5.60 Å². The minimum absolute atomic E-state index is 0.327. The lowest BCUT2D eigenvalue weighted by Gasteiger charge is -2.25. The number of esters is 1. The number of hydrogen-bond donors (Lipinski definition) is 0. The molecule has 2 aromatic carbocycles. The summed E-state index contributed by atoms with van der Waals surface area (Å²) in [5.41, 5.74) is 1.74. The fourth-order valence-corrected chi connectivity index (χ4v) is 4.79. The highest BCUT2D eigenvalue weighted by molar-refractivity contribution is 7.92.